The summed E-state index contributed by atoms with van der Waals surface area (Å²) in [5.74, 6) is 2.38. The molecule has 0 aliphatic carbocycles. The molecule has 0 nitrogen and oxygen atoms in total. The predicted molar refractivity (Wildman–Crippen MR) is 62.6 cm³/mol. The first-order valence-electron chi connectivity index (χ1n) is 4.16. The molecule has 0 fully saturated rings. The van der Waals surface area contributed by atoms with Crippen LogP contribution in [0.2, 0.25) is 0 Å². The summed E-state index contributed by atoms with van der Waals surface area (Å²) in [6, 6.07) is 4.52. The van der Waals surface area contributed by atoms with Crippen LogP contribution >= 0.6 is 34.4 Å². The molecule has 1 aliphatic rings. The minimum atomic E-state index is 1.19. The molecule has 3 heteroatoms. The van der Waals surface area contributed by atoms with Crippen LogP contribution in [0, 0.1) is 0 Å². The largest absolute Gasteiger partial charge is 0.151 e. The lowest BCUT2D eigenvalue weighted by molar-refractivity contribution is 1.54. The van der Waals surface area contributed by atoms with E-state index in [0.29, 0.717) is 0 Å². The maximum absolute atomic E-state index is 2.26. The molecule has 0 bridgehead atoms. The zero-order chi connectivity index (χ0) is 8.67. The quantitative estimate of drug-likeness (QED) is 0.645. The zero-order valence-corrected chi connectivity index (χ0v) is 9.40. The Morgan fingerprint density at radius 3 is 1.92 bits per heavy atom. The van der Waals surface area contributed by atoms with E-state index in [4.69, 9.17) is 0 Å². The van der Waals surface area contributed by atoms with Gasteiger partial charge in [0.2, 0.25) is 0 Å². The van der Waals surface area contributed by atoms with Crippen LogP contribution in [0.15, 0.2) is 22.9 Å². The normalized spacial score (nSPS) is 14.8. The van der Waals surface area contributed by atoms with E-state index < -0.39 is 0 Å². The highest BCUT2D eigenvalue weighted by Crippen LogP contribution is 2.40. The van der Waals surface area contributed by atoms with Crippen molar-refractivity contribution in [3.63, 3.8) is 0 Å². The molecular weight excluding hydrogens is 216 g/mol. The maximum Gasteiger partial charge on any atom is 0.0288 e. The summed E-state index contributed by atoms with van der Waals surface area (Å²) in [5.41, 5.74) is 2.96. The summed E-state index contributed by atoms with van der Waals surface area (Å²) in [4.78, 5) is 3.09. The van der Waals surface area contributed by atoms with Crippen LogP contribution in [0.4, 0.5) is 0 Å². The number of hydrogen-bond acceptors (Lipinski definition) is 3. The Kier molecular flexibility index (Phi) is 1.96. The molecule has 66 valence electrons. The first-order valence-corrected chi connectivity index (χ1v) is 7.07. The minimum absolute atomic E-state index is 1.19. The van der Waals surface area contributed by atoms with Gasteiger partial charge in [0.15, 0.2) is 0 Å². The molecule has 0 radical (unpaired) electrons. The predicted octanol–water partition coefficient (Wildman–Crippen LogP) is 4.22. The van der Waals surface area contributed by atoms with E-state index in [1.165, 1.54) is 22.6 Å². The molecule has 0 atom stereocenters. The summed E-state index contributed by atoms with van der Waals surface area (Å²) in [5, 5.41) is 4.41. The molecule has 0 saturated heterocycles. The molecule has 0 N–H and O–H groups in total. The molecule has 13 heavy (non-hydrogen) atoms. The molecule has 0 amide bonds. The topological polar surface area (TPSA) is 0 Å². The number of thioether (sulfide) groups is 1. The number of thiophene rings is 2. The molecule has 0 aromatic carbocycles. The second kappa shape index (κ2) is 3.15. The van der Waals surface area contributed by atoms with Crippen LogP contribution in [0.1, 0.15) is 9.75 Å². The standard InChI is InChI=1S/C10H8S3/c1-3-12-9-5-11-6-10-8(7(1)9)2-4-13-10/h1-4H,5-6H2. The highest BCUT2D eigenvalue weighted by molar-refractivity contribution is 7.98. The Labute approximate surface area is 89.6 Å². The van der Waals surface area contributed by atoms with Crippen LogP contribution in [0.3, 0.4) is 0 Å². The lowest BCUT2D eigenvalue weighted by atomic mass is 10.1. The van der Waals surface area contributed by atoms with E-state index in [9.17, 15) is 0 Å². The smallest absolute Gasteiger partial charge is 0.0288 e. The van der Waals surface area contributed by atoms with Gasteiger partial charge in [0.25, 0.3) is 0 Å². The van der Waals surface area contributed by atoms with Gasteiger partial charge < -0.3 is 0 Å². The fourth-order valence-electron chi connectivity index (χ4n) is 1.62. The van der Waals surface area contributed by atoms with Gasteiger partial charge in [0, 0.05) is 21.3 Å². The summed E-state index contributed by atoms with van der Waals surface area (Å²) in [6.07, 6.45) is 0. The van der Waals surface area contributed by atoms with Crippen molar-refractivity contribution in [3.05, 3.63) is 32.6 Å². The number of fused-ring (bicyclic) bond motifs is 3. The average molecular weight is 224 g/mol. The van der Waals surface area contributed by atoms with Crippen molar-refractivity contribution < 1.29 is 0 Å². The first kappa shape index (κ1) is 8.09. The molecular formula is C10H8S3. The monoisotopic (exact) mass is 224 g/mol. The van der Waals surface area contributed by atoms with Crippen molar-refractivity contribution >= 4 is 34.4 Å². The SMILES string of the molecule is c1cc2c(s1)CSCc1sccc1-2. The number of rotatable bonds is 0. The third-order valence-electron chi connectivity index (χ3n) is 2.25. The van der Waals surface area contributed by atoms with Gasteiger partial charge in [0.1, 0.15) is 0 Å². The van der Waals surface area contributed by atoms with Gasteiger partial charge in [0.05, 0.1) is 0 Å². The Hall–Kier alpha value is -0.250. The van der Waals surface area contributed by atoms with Crippen LogP contribution in [-0.4, -0.2) is 0 Å². The van der Waals surface area contributed by atoms with Crippen molar-refractivity contribution in [3.8, 4) is 11.1 Å². The van der Waals surface area contributed by atoms with E-state index in [1.54, 1.807) is 9.75 Å². The molecule has 2 aromatic heterocycles. The molecule has 3 rings (SSSR count). The second-order valence-corrected chi connectivity index (χ2v) is 5.99. The molecule has 0 spiro atoms. The van der Waals surface area contributed by atoms with Gasteiger partial charge in [-0.25, -0.2) is 0 Å². The molecule has 3 heterocycles. The Morgan fingerprint density at radius 1 is 0.846 bits per heavy atom. The molecule has 1 aliphatic heterocycles. The van der Waals surface area contributed by atoms with E-state index in [1.807, 2.05) is 34.4 Å². The second-order valence-electron chi connectivity index (χ2n) is 3.01. The van der Waals surface area contributed by atoms with E-state index >= 15 is 0 Å². The van der Waals surface area contributed by atoms with Gasteiger partial charge in [-0.3, -0.25) is 0 Å². The highest BCUT2D eigenvalue weighted by atomic mass is 32.2. The van der Waals surface area contributed by atoms with Gasteiger partial charge in [-0.05, 0) is 34.0 Å². The summed E-state index contributed by atoms with van der Waals surface area (Å²) >= 11 is 5.81. The van der Waals surface area contributed by atoms with Gasteiger partial charge in [-0.1, -0.05) is 0 Å². The first-order chi connectivity index (χ1) is 6.45. The van der Waals surface area contributed by atoms with Crippen molar-refractivity contribution in [1.29, 1.82) is 0 Å². The molecule has 2 aromatic rings. The summed E-state index contributed by atoms with van der Waals surface area (Å²) < 4.78 is 0. The highest BCUT2D eigenvalue weighted by Gasteiger charge is 2.15. The van der Waals surface area contributed by atoms with Crippen molar-refractivity contribution in [2.45, 2.75) is 11.5 Å². The van der Waals surface area contributed by atoms with Crippen LogP contribution in [-0.2, 0) is 11.5 Å². The van der Waals surface area contributed by atoms with Crippen LogP contribution in [0.5, 0.6) is 0 Å². The Morgan fingerprint density at radius 2 is 1.38 bits per heavy atom. The molecule has 0 unspecified atom stereocenters. The fraction of sp³-hybridized carbons (Fsp3) is 0.200. The Balaban J connectivity index is 2.27. The number of hydrogen-bond donors (Lipinski definition) is 0. The third kappa shape index (κ3) is 1.26. The average Bonchev–Trinajstić information content (AvgIpc) is 2.72. The lowest BCUT2D eigenvalue weighted by Gasteiger charge is -1.96. The summed E-state index contributed by atoms with van der Waals surface area (Å²) in [6.45, 7) is 0. The van der Waals surface area contributed by atoms with Crippen molar-refractivity contribution in [2.24, 2.45) is 0 Å². The minimum Gasteiger partial charge on any atom is -0.151 e. The fourth-order valence-corrected chi connectivity index (χ4v) is 4.80. The van der Waals surface area contributed by atoms with Crippen LogP contribution < -0.4 is 0 Å². The summed E-state index contributed by atoms with van der Waals surface area (Å²) in [7, 11) is 0. The lowest BCUT2D eigenvalue weighted by Crippen LogP contribution is -1.75. The van der Waals surface area contributed by atoms with Crippen molar-refractivity contribution in [2.75, 3.05) is 0 Å². The zero-order valence-electron chi connectivity index (χ0n) is 6.95. The Bertz CT molecular complexity index is 385. The van der Waals surface area contributed by atoms with E-state index in [0.717, 1.165) is 0 Å². The molecule has 0 saturated carbocycles. The van der Waals surface area contributed by atoms with Gasteiger partial charge in [-0.15, -0.1) is 22.7 Å². The van der Waals surface area contributed by atoms with Gasteiger partial charge in [-0.2, -0.15) is 11.8 Å². The van der Waals surface area contributed by atoms with Crippen molar-refractivity contribution in [1.82, 2.24) is 0 Å². The van der Waals surface area contributed by atoms with E-state index in [-0.39, 0.29) is 0 Å². The van der Waals surface area contributed by atoms with E-state index in [2.05, 4.69) is 22.9 Å². The third-order valence-corrected chi connectivity index (χ3v) is 5.44. The van der Waals surface area contributed by atoms with Crippen LogP contribution in [0.25, 0.3) is 11.1 Å². The maximum atomic E-state index is 2.26. The van der Waals surface area contributed by atoms with Gasteiger partial charge >= 0.3 is 0 Å².